The number of rotatable bonds is 3. The Hall–Kier alpha value is -1.26. The van der Waals surface area contributed by atoms with E-state index in [0.29, 0.717) is 6.54 Å². The van der Waals surface area contributed by atoms with Crippen molar-refractivity contribution in [2.75, 3.05) is 6.54 Å². The van der Waals surface area contributed by atoms with Crippen molar-refractivity contribution in [3.63, 3.8) is 0 Å². The number of nitrogens with one attached hydrogen (secondary N) is 2. The van der Waals surface area contributed by atoms with E-state index in [0.717, 1.165) is 25.7 Å². The molecule has 0 aromatic rings. The van der Waals surface area contributed by atoms with Gasteiger partial charge in [-0.3, -0.25) is 4.79 Å². The fraction of sp³-hybridized carbons (Fsp3) is 0.857. The first-order valence-corrected chi connectivity index (χ1v) is 7.08. The van der Waals surface area contributed by atoms with Crippen molar-refractivity contribution in [3.8, 4) is 0 Å². The zero-order valence-electron chi connectivity index (χ0n) is 12.4. The van der Waals surface area contributed by atoms with E-state index in [2.05, 4.69) is 10.6 Å². The molecule has 0 unspecified atom stereocenters. The van der Waals surface area contributed by atoms with Crippen LogP contribution < -0.4 is 10.6 Å². The van der Waals surface area contributed by atoms with Crippen LogP contribution >= 0.6 is 0 Å². The minimum atomic E-state index is -0.448. The zero-order chi connectivity index (χ0) is 14.5. The van der Waals surface area contributed by atoms with Gasteiger partial charge in [0.05, 0.1) is 5.41 Å². The summed E-state index contributed by atoms with van der Waals surface area (Å²) in [6.45, 7) is 8.10. The predicted molar refractivity (Wildman–Crippen MR) is 73.8 cm³/mol. The average molecular weight is 270 g/mol. The molecule has 1 aliphatic rings. The second kappa shape index (κ2) is 6.78. The number of urea groups is 1. The highest BCUT2D eigenvalue weighted by atomic mass is 16.5. The number of hydrogen-bond donors (Lipinski definition) is 2. The molecule has 0 heterocycles. The molecule has 0 aromatic heterocycles. The van der Waals surface area contributed by atoms with E-state index in [1.54, 1.807) is 0 Å². The minimum absolute atomic E-state index is 0.000915. The average Bonchev–Trinajstić information content (AvgIpc) is 2.30. The Kier molecular flexibility index (Phi) is 5.63. The van der Waals surface area contributed by atoms with Gasteiger partial charge in [0.1, 0.15) is 6.10 Å². The lowest BCUT2D eigenvalue weighted by Crippen LogP contribution is -2.44. The summed E-state index contributed by atoms with van der Waals surface area (Å²) >= 11 is 0. The van der Waals surface area contributed by atoms with E-state index in [4.69, 9.17) is 4.74 Å². The van der Waals surface area contributed by atoms with Gasteiger partial charge in [0.25, 0.3) is 0 Å². The van der Waals surface area contributed by atoms with E-state index < -0.39 is 5.41 Å². The molecule has 0 aromatic carbocycles. The largest absolute Gasteiger partial charge is 0.462 e. The lowest BCUT2D eigenvalue weighted by Gasteiger charge is -2.30. The number of amides is 2. The maximum atomic E-state index is 11.8. The van der Waals surface area contributed by atoms with Gasteiger partial charge in [-0.15, -0.1) is 0 Å². The van der Waals surface area contributed by atoms with Crippen LogP contribution in [0.4, 0.5) is 4.79 Å². The molecule has 0 bridgehead atoms. The second-order valence-corrected chi connectivity index (χ2v) is 6.13. The molecule has 110 valence electrons. The van der Waals surface area contributed by atoms with Crippen LogP contribution in [0.3, 0.4) is 0 Å². The summed E-state index contributed by atoms with van der Waals surface area (Å²) in [6, 6.07) is 0.0776. The van der Waals surface area contributed by atoms with Crippen molar-refractivity contribution < 1.29 is 14.3 Å². The van der Waals surface area contributed by atoms with Gasteiger partial charge < -0.3 is 15.4 Å². The first-order chi connectivity index (χ1) is 8.82. The summed E-state index contributed by atoms with van der Waals surface area (Å²) in [5.74, 6) is -0.146. The molecule has 0 radical (unpaired) electrons. The molecule has 1 fully saturated rings. The molecule has 2 N–H and O–H groups in total. The molecule has 5 heteroatoms. The van der Waals surface area contributed by atoms with Crippen molar-refractivity contribution in [1.29, 1.82) is 0 Å². The van der Waals surface area contributed by atoms with Crippen LogP contribution in [0.25, 0.3) is 0 Å². The van der Waals surface area contributed by atoms with Gasteiger partial charge in [-0.1, -0.05) is 0 Å². The van der Waals surface area contributed by atoms with Gasteiger partial charge in [-0.25, -0.2) is 4.79 Å². The smallest absolute Gasteiger partial charge is 0.314 e. The van der Waals surface area contributed by atoms with E-state index in [-0.39, 0.29) is 24.1 Å². The second-order valence-electron chi connectivity index (χ2n) is 6.13. The van der Waals surface area contributed by atoms with Crippen molar-refractivity contribution in [1.82, 2.24) is 10.6 Å². The molecule has 1 saturated carbocycles. The standard InChI is InChI=1S/C14H26N2O3/c1-5-15-13(18)16-10-6-8-11(9-7-10)19-12(17)14(2,3)4/h10-11H,5-9H2,1-4H3,(H2,15,16,18). The van der Waals surface area contributed by atoms with Gasteiger partial charge in [-0.2, -0.15) is 0 Å². The fourth-order valence-corrected chi connectivity index (χ4v) is 2.05. The van der Waals surface area contributed by atoms with Crippen molar-refractivity contribution in [3.05, 3.63) is 0 Å². The van der Waals surface area contributed by atoms with Crippen LogP contribution in [-0.4, -0.2) is 30.7 Å². The Morgan fingerprint density at radius 3 is 2.21 bits per heavy atom. The van der Waals surface area contributed by atoms with E-state index >= 15 is 0 Å². The number of hydrogen-bond acceptors (Lipinski definition) is 3. The SMILES string of the molecule is CCNC(=O)NC1CCC(OC(=O)C(C)(C)C)CC1. The molecule has 19 heavy (non-hydrogen) atoms. The van der Waals surface area contributed by atoms with Gasteiger partial charge in [-0.05, 0) is 53.4 Å². The first-order valence-electron chi connectivity index (χ1n) is 7.08. The number of carbonyl (C=O) groups excluding carboxylic acids is 2. The lowest BCUT2D eigenvalue weighted by atomic mass is 9.92. The summed E-state index contributed by atoms with van der Waals surface area (Å²) in [5.41, 5.74) is -0.448. The van der Waals surface area contributed by atoms with Crippen LogP contribution in [0.15, 0.2) is 0 Å². The Morgan fingerprint density at radius 2 is 1.74 bits per heavy atom. The van der Waals surface area contributed by atoms with Crippen LogP contribution in [0.1, 0.15) is 53.4 Å². The minimum Gasteiger partial charge on any atom is -0.462 e. The van der Waals surface area contributed by atoms with Gasteiger partial charge in [0, 0.05) is 12.6 Å². The molecular formula is C14H26N2O3. The van der Waals surface area contributed by atoms with E-state index in [1.807, 2.05) is 27.7 Å². The highest BCUT2D eigenvalue weighted by Crippen LogP contribution is 2.24. The molecule has 2 amide bonds. The maximum Gasteiger partial charge on any atom is 0.314 e. The molecule has 0 atom stereocenters. The van der Waals surface area contributed by atoms with E-state index in [1.165, 1.54) is 0 Å². The Balaban J connectivity index is 2.29. The topological polar surface area (TPSA) is 67.4 Å². The van der Waals surface area contributed by atoms with Crippen molar-refractivity contribution in [2.24, 2.45) is 5.41 Å². The molecule has 1 rings (SSSR count). The van der Waals surface area contributed by atoms with E-state index in [9.17, 15) is 9.59 Å². The molecule has 1 aliphatic carbocycles. The third-order valence-corrected chi connectivity index (χ3v) is 3.23. The monoisotopic (exact) mass is 270 g/mol. The van der Waals surface area contributed by atoms with Gasteiger partial charge >= 0.3 is 12.0 Å². The lowest BCUT2D eigenvalue weighted by molar-refractivity contribution is -0.160. The Bertz CT molecular complexity index is 315. The molecule has 0 saturated heterocycles. The van der Waals surface area contributed by atoms with Crippen LogP contribution in [0, 0.1) is 5.41 Å². The quantitative estimate of drug-likeness (QED) is 0.773. The number of ether oxygens (including phenoxy) is 1. The summed E-state index contributed by atoms with van der Waals surface area (Å²) in [7, 11) is 0. The summed E-state index contributed by atoms with van der Waals surface area (Å²) in [4.78, 5) is 23.2. The zero-order valence-corrected chi connectivity index (χ0v) is 12.4. The van der Waals surface area contributed by atoms with Crippen LogP contribution in [-0.2, 0) is 9.53 Å². The third-order valence-electron chi connectivity index (χ3n) is 3.23. The molecule has 5 nitrogen and oxygen atoms in total. The number of esters is 1. The highest BCUT2D eigenvalue weighted by molar-refractivity contribution is 5.75. The van der Waals surface area contributed by atoms with Crippen LogP contribution in [0.2, 0.25) is 0 Å². The maximum absolute atomic E-state index is 11.8. The van der Waals surface area contributed by atoms with Crippen LogP contribution in [0.5, 0.6) is 0 Å². The normalized spacial score (nSPS) is 23.6. The molecule has 0 spiro atoms. The van der Waals surface area contributed by atoms with Crippen molar-refractivity contribution >= 4 is 12.0 Å². The summed E-state index contributed by atoms with van der Waals surface area (Å²) in [5, 5.41) is 5.65. The van der Waals surface area contributed by atoms with Gasteiger partial charge in [0.15, 0.2) is 0 Å². The fourth-order valence-electron chi connectivity index (χ4n) is 2.05. The van der Waals surface area contributed by atoms with Gasteiger partial charge in [0.2, 0.25) is 0 Å². The highest BCUT2D eigenvalue weighted by Gasteiger charge is 2.29. The third kappa shape index (κ3) is 5.49. The predicted octanol–water partition coefficient (Wildman–Crippen LogP) is 2.21. The molecular weight excluding hydrogens is 244 g/mol. The first kappa shape index (κ1) is 15.8. The summed E-state index contributed by atoms with van der Waals surface area (Å²) < 4.78 is 5.49. The number of carbonyl (C=O) groups is 2. The molecule has 0 aliphatic heterocycles. The van der Waals surface area contributed by atoms with Crippen molar-refractivity contribution in [2.45, 2.75) is 65.5 Å². The summed E-state index contributed by atoms with van der Waals surface area (Å²) in [6.07, 6.45) is 3.36. The Labute approximate surface area is 115 Å². The Morgan fingerprint density at radius 1 is 1.16 bits per heavy atom.